The Hall–Kier alpha value is -1.55. The van der Waals surface area contributed by atoms with E-state index in [1.54, 1.807) is 12.2 Å². The van der Waals surface area contributed by atoms with Gasteiger partial charge in [-0.2, -0.15) is 0 Å². The van der Waals surface area contributed by atoms with Crippen LogP contribution in [0.5, 0.6) is 0 Å². The van der Waals surface area contributed by atoms with Crippen LogP contribution in [-0.2, 0) is 0 Å². The Bertz CT molecular complexity index is 249. The van der Waals surface area contributed by atoms with E-state index in [0.717, 1.165) is 5.57 Å². The molecule has 0 amide bonds. The van der Waals surface area contributed by atoms with Crippen LogP contribution in [0.4, 0.5) is 0 Å². The largest absolute Gasteiger partial charge is 0.248 e. The molecule has 0 saturated carbocycles. The van der Waals surface area contributed by atoms with Crippen molar-refractivity contribution in [1.29, 1.82) is 0 Å². The van der Waals surface area contributed by atoms with E-state index in [1.807, 2.05) is 6.92 Å². The van der Waals surface area contributed by atoms with Crippen LogP contribution in [0.15, 0.2) is 42.1 Å². The van der Waals surface area contributed by atoms with Crippen LogP contribution < -0.4 is 0 Å². The Kier molecular flexibility index (Phi) is 4.51. The van der Waals surface area contributed by atoms with Crippen molar-refractivity contribution in [2.45, 2.75) is 6.92 Å². The molecule has 0 spiro atoms. The Balaban J connectivity index is 4.58. The summed E-state index contributed by atoms with van der Waals surface area (Å²) in [5.41, 5.74) is 1.56. The molecular formula is C10H11N. The maximum atomic E-state index is 5.15. The molecule has 0 unspecified atom stereocenters. The molecule has 0 rings (SSSR count). The van der Waals surface area contributed by atoms with Crippen LogP contribution in [0.1, 0.15) is 6.92 Å². The minimum atomic E-state index is 0.567. The zero-order valence-corrected chi connectivity index (χ0v) is 6.67. The molecule has 0 aliphatic heterocycles. The second kappa shape index (κ2) is 5.25. The molecule has 1 nitrogen and oxygen atoms in total. The van der Waals surface area contributed by atoms with Gasteiger partial charge >= 0.3 is 0 Å². The maximum absolute atomic E-state index is 5.15. The summed E-state index contributed by atoms with van der Waals surface area (Å²) in [6, 6.07) is 0. The van der Waals surface area contributed by atoms with E-state index in [9.17, 15) is 0 Å². The second-order valence-electron chi connectivity index (χ2n) is 1.93. The fourth-order valence-corrected chi connectivity index (χ4v) is 0.489. The van der Waals surface area contributed by atoms with E-state index in [0.29, 0.717) is 5.71 Å². The fraction of sp³-hybridized carbons (Fsp3) is 0.100. The van der Waals surface area contributed by atoms with Gasteiger partial charge in [0.1, 0.15) is 5.71 Å². The first-order chi connectivity index (χ1) is 5.24. The summed E-state index contributed by atoms with van der Waals surface area (Å²) >= 11 is 0. The van der Waals surface area contributed by atoms with Crippen molar-refractivity contribution in [2.75, 3.05) is 0 Å². The summed E-state index contributed by atoms with van der Waals surface area (Å²) in [6.45, 7) is 8.94. The number of nitrogens with zero attached hydrogens (tertiary/aromatic N) is 1. The lowest BCUT2D eigenvalue weighted by atomic mass is 10.2. The van der Waals surface area contributed by atoms with Crippen LogP contribution in [0.3, 0.4) is 0 Å². The van der Waals surface area contributed by atoms with Gasteiger partial charge in [0.05, 0.1) is 0 Å². The first kappa shape index (κ1) is 9.45. The zero-order chi connectivity index (χ0) is 8.69. The topological polar surface area (TPSA) is 12.4 Å². The van der Waals surface area contributed by atoms with Crippen LogP contribution >= 0.6 is 0 Å². The normalized spacial score (nSPS) is 12.0. The first-order valence-corrected chi connectivity index (χ1v) is 3.20. The summed E-state index contributed by atoms with van der Waals surface area (Å²) in [4.78, 5) is 3.85. The molecule has 0 radical (unpaired) electrons. The standard InChI is InChI=1S/C10H11N/c1-5-9(4)8-10(6-2)11-7-3/h2,5,7-8H,1,3H2,4H3/b9-8-,11-10-. The molecule has 0 aliphatic rings. The molecule has 0 N–H and O–H groups in total. The van der Waals surface area contributed by atoms with E-state index in [1.165, 1.54) is 6.20 Å². The van der Waals surface area contributed by atoms with Crippen LogP contribution in [0.25, 0.3) is 0 Å². The van der Waals surface area contributed by atoms with Crippen molar-refractivity contribution in [2.24, 2.45) is 4.99 Å². The zero-order valence-electron chi connectivity index (χ0n) is 6.67. The van der Waals surface area contributed by atoms with Crippen LogP contribution in [-0.4, -0.2) is 5.71 Å². The van der Waals surface area contributed by atoms with E-state index in [-0.39, 0.29) is 0 Å². The lowest BCUT2D eigenvalue weighted by Gasteiger charge is -1.89. The van der Waals surface area contributed by atoms with Gasteiger partial charge in [-0.1, -0.05) is 25.2 Å². The number of hydrogen-bond donors (Lipinski definition) is 0. The Morgan fingerprint density at radius 3 is 2.55 bits per heavy atom. The monoisotopic (exact) mass is 145 g/mol. The lowest BCUT2D eigenvalue weighted by molar-refractivity contribution is 1.53. The highest BCUT2D eigenvalue weighted by Gasteiger charge is 1.86. The van der Waals surface area contributed by atoms with E-state index in [4.69, 9.17) is 6.42 Å². The van der Waals surface area contributed by atoms with Gasteiger partial charge in [-0.15, -0.1) is 6.42 Å². The van der Waals surface area contributed by atoms with Crippen molar-refractivity contribution in [1.82, 2.24) is 0 Å². The smallest absolute Gasteiger partial charge is 0.113 e. The van der Waals surface area contributed by atoms with Gasteiger partial charge in [0.15, 0.2) is 0 Å². The van der Waals surface area contributed by atoms with Crippen molar-refractivity contribution in [3.63, 3.8) is 0 Å². The summed E-state index contributed by atoms with van der Waals surface area (Å²) < 4.78 is 0. The van der Waals surface area contributed by atoms with Crippen molar-refractivity contribution >= 4 is 5.71 Å². The molecule has 0 bridgehead atoms. The molecule has 1 heteroatoms. The summed E-state index contributed by atoms with van der Waals surface area (Å²) in [7, 11) is 0. The molecule has 0 aromatic rings. The summed E-state index contributed by atoms with van der Waals surface area (Å²) in [5, 5.41) is 0. The summed E-state index contributed by atoms with van der Waals surface area (Å²) in [6.07, 6.45) is 10.1. The Labute approximate surface area is 67.8 Å². The van der Waals surface area contributed by atoms with Crippen molar-refractivity contribution in [3.05, 3.63) is 37.1 Å². The second-order valence-corrected chi connectivity index (χ2v) is 1.93. The van der Waals surface area contributed by atoms with Gasteiger partial charge < -0.3 is 0 Å². The molecule has 0 saturated heterocycles. The maximum Gasteiger partial charge on any atom is 0.113 e. The predicted octanol–water partition coefficient (Wildman–Crippen LogP) is 2.34. The SMILES string of the molecule is C#CC(/C=C(/C)C=C)=N/C=C. The molecule has 0 heterocycles. The van der Waals surface area contributed by atoms with Gasteiger partial charge in [0.25, 0.3) is 0 Å². The van der Waals surface area contributed by atoms with Gasteiger partial charge in [-0.3, -0.25) is 0 Å². The molecule has 0 aromatic heterocycles. The highest BCUT2D eigenvalue weighted by atomic mass is 14.7. The van der Waals surface area contributed by atoms with E-state index >= 15 is 0 Å². The number of terminal acetylenes is 1. The Morgan fingerprint density at radius 1 is 1.55 bits per heavy atom. The highest BCUT2D eigenvalue weighted by molar-refractivity contribution is 6.09. The molecule has 11 heavy (non-hydrogen) atoms. The van der Waals surface area contributed by atoms with Gasteiger partial charge in [-0.25, -0.2) is 4.99 Å². The number of aliphatic imine (C=N–C) groups is 1. The summed E-state index contributed by atoms with van der Waals surface area (Å²) in [5.74, 6) is 2.42. The first-order valence-electron chi connectivity index (χ1n) is 3.20. The molecule has 0 aromatic carbocycles. The molecule has 0 fully saturated rings. The van der Waals surface area contributed by atoms with Crippen molar-refractivity contribution < 1.29 is 0 Å². The van der Waals surface area contributed by atoms with Gasteiger partial charge in [0.2, 0.25) is 0 Å². The molecule has 0 atom stereocenters. The van der Waals surface area contributed by atoms with Gasteiger partial charge in [0, 0.05) is 6.20 Å². The third-order valence-corrected chi connectivity index (χ3v) is 1.06. The minimum Gasteiger partial charge on any atom is -0.248 e. The fourth-order valence-electron chi connectivity index (χ4n) is 0.489. The quantitative estimate of drug-likeness (QED) is 0.328. The number of hydrogen-bond acceptors (Lipinski definition) is 1. The van der Waals surface area contributed by atoms with Crippen LogP contribution in [0.2, 0.25) is 0 Å². The number of allylic oxidation sites excluding steroid dienone is 3. The molecule has 0 aliphatic carbocycles. The Morgan fingerprint density at radius 2 is 2.18 bits per heavy atom. The highest BCUT2D eigenvalue weighted by Crippen LogP contribution is 1.93. The number of rotatable bonds is 3. The van der Waals surface area contributed by atoms with Crippen molar-refractivity contribution in [3.8, 4) is 12.3 Å². The third kappa shape index (κ3) is 3.94. The minimum absolute atomic E-state index is 0.567. The average molecular weight is 145 g/mol. The molecular weight excluding hydrogens is 134 g/mol. The predicted molar refractivity (Wildman–Crippen MR) is 50.4 cm³/mol. The van der Waals surface area contributed by atoms with Gasteiger partial charge in [-0.05, 0) is 18.6 Å². The van der Waals surface area contributed by atoms with E-state index in [2.05, 4.69) is 24.1 Å². The third-order valence-electron chi connectivity index (χ3n) is 1.06. The lowest BCUT2D eigenvalue weighted by Crippen LogP contribution is -1.87. The average Bonchev–Trinajstić information content (AvgIpc) is 2.03. The van der Waals surface area contributed by atoms with Crippen LogP contribution in [0, 0.1) is 12.3 Å². The van der Waals surface area contributed by atoms with E-state index < -0.39 is 0 Å². The molecule has 56 valence electrons.